The van der Waals surface area contributed by atoms with E-state index < -0.39 is 9.84 Å². The highest BCUT2D eigenvalue weighted by Crippen LogP contribution is 2.26. The van der Waals surface area contributed by atoms with Crippen LogP contribution >= 0.6 is 0 Å². The Labute approximate surface area is 142 Å². The van der Waals surface area contributed by atoms with Crippen molar-refractivity contribution < 1.29 is 17.6 Å². The van der Waals surface area contributed by atoms with Crippen LogP contribution in [-0.2, 0) is 9.84 Å². The maximum Gasteiger partial charge on any atom is 0.287 e. The van der Waals surface area contributed by atoms with Gasteiger partial charge in [-0.2, -0.15) is 0 Å². The molecule has 0 saturated heterocycles. The molecule has 0 bridgehead atoms. The molecule has 2 aromatic rings. The van der Waals surface area contributed by atoms with Gasteiger partial charge in [-0.3, -0.25) is 4.79 Å². The van der Waals surface area contributed by atoms with Gasteiger partial charge in [0.25, 0.3) is 5.91 Å². The molecule has 24 heavy (non-hydrogen) atoms. The number of fused-ring (bicyclic) bond motifs is 1. The smallest absolute Gasteiger partial charge is 0.287 e. The molecule has 0 unspecified atom stereocenters. The molecule has 130 valence electrons. The topological polar surface area (TPSA) is 76.4 Å². The molecule has 1 aliphatic carbocycles. The Morgan fingerprint density at radius 2 is 1.88 bits per heavy atom. The molecule has 0 aliphatic heterocycles. The van der Waals surface area contributed by atoms with Crippen LogP contribution in [0, 0.1) is 13.8 Å². The highest BCUT2D eigenvalue weighted by atomic mass is 32.2. The van der Waals surface area contributed by atoms with E-state index in [2.05, 4.69) is 5.32 Å². The quantitative estimate of drug-likeness (QED) is 0.923. The normalized spacial score (nSPS) is 21.8. The van der Waals surface area contributed by atoms with Crippen LogP contribution in [0.1, 0.15) is 47.4 Å². The maximum absolute atomic E-state index is 12.5. The zero-order chi connectivity index (χ0) is 17.5. The molecule has 5 nitrogen and oxygen atoms in total. The standard InChI is InChI=1S/C18H23NO4S/c1-11-7-13-9-17(23-16(13)8-12(11)2)18(20)19-14-5-4-6-15(10-14)24(3,21)22/h7-9,14-15H,4-6,10H2,1-3H3,(H,19,20)/t14-,15-/m0/s1. The lowest BCUT2D eigenvalue weighted by Gasteiger charge is -2.28. The SMILES string of the molecule is Cc1cc2cc(C(=O)N[C@H]3CCC[C@H](S(C)(=O)=O)C3)oc2cc1C. The molecule has 1 saturated carbocycles. The van der Waals surface area contributed by atoms with E-state index in [4.69, 9.17) is 4.42 Å². The molecule has 0 spiro atoms. The monoisotopic (exact) mass is 349 g/mol. The number of aryl methyl sites for hydroxylation is 2. The molecule has 1 aromatic heterocycles. The lowest BCUT2D eigenvalue weighted by Crippen LogP contribution is -2.41. The minimum Gasteiger partial charge on any atom is -0.451 e. The Hall–Kier alpha value is -1.82. The number of nitrogens with one attached hydrogen (secondary N) is 1. The predicted molar refractivity (Wildman–Crippen MR) is 94.0 cm³/mol. The minimum atomic E-state index is -3.06. The van der Waals surface area contributed by atoms with E-state index in [0.29, 0.717) is 18.4 Å². The van der Waals surface area contributed by atoms with Crippen molar-refractivity contribution in [3.8, 4) is 0 Å². The van der Waals surface area contributed by atoms with Crippen molar-refractivity contribution in [2.75, 3.05) is 6.26 Å². The van der Waals surface area contributed by atoms with Crippen LogP contribution in [0.3, 0.4) is 0 Å². The van der Waals surface area contributed by atoms with Crippen molar-refractivity contribution in [3.63, 3.8) is 0 Å². The van der Waals surface area contributed by atoms with Crippen LogP contribution in [0.2, 0.25) is 0 Å². The van der Waals surface area contributed by atoms with Crippen molar-refractivity contribution in [3.05, 3.63) is 35.1 Å². The fraction of sp³-hybridized carbons (Fsp3) is 0.500. The number of carbonyl (C=O) groups is 1. The van der Waals surface area contributed by atoms with Crippen molar-refractivity contribution in [2.45, 2.75) is 50.8 Å². The Kier molecular flexibility index (Phi) is 4.42. The Bertz CT molecular complexity index is 843. The summed E-state index contributed by atoms with van der Waals surface area (Å²) < 4.78 is 29.1. The second-order valence-corrected chi connectivity index (χ2v) is 9.20. The average Bonchev–Trinajstić information content (AvgIpc) is 2.90. The van der Waals surface area contributed by atoms with Gasteiger partial charge in [0.15, 0.2) is 5.76 Å². The predicted octanol–water partition coefficient (Wildman–Crippen LogP) is 3.14. The van der Waals surface area contributed by atoms with E-state index in [9.17, 15) is 13.2 Å². The number of sulfone groups is 1. The van der Waals surface area contributed by atoms with Crippen LogP contribution in [0.15, 0.2) is 22.6 Å². The molecular weight excluding hydrogens is 326 g/mol. The van der Waals surface area contributed by atoms with Gasteiger partial charge in [0, 0.05) is 17.7 Å². The highest BCUT2D eigenvalue weighted by molar-refractivity contribution is 7.91. The van der Waals surface area contributed by atoms with Gasteiger partial charge in [0.2, 0.25) is 0 Å². The first kappa shape index (κ1) is 17.0. The van der Waals surface area contributed by atoms with E-state index in [1.165, 1.54) is 6.26 Å². The van der Waals surface area contributed by atoms with Crippen LogP contribution < -0.4 is 5.32 Å². The third-order valence-corrected chi connectivity index (χ3v) is 6.56. The summed E-state index contributed by atoms with van der Waals surface area (Å²) in [5.74, 6) is -0.00265. The Morgan fingerprint density at radius 1 is 1.17 bits per heavy atom. The third kappa shape index (κ3) is 3.48. The molecule has 1 N–H and O–H groups in total. The zero-order valence-electron chi connectivity index (χ0n) is 14.3. The molecule has 1 fully saturated rings. The van der Waals surface area contributed by atoms with E-state index in [1.54, 1.807) is 6.07 Å². The first-order chi connectivity index (χ1) is 11.2. The molecule has 1 amide bonds. The van der Waals surface area contributed by atoms with Gasteiger partial charge in [-0.15, -0.1) is 0 Å². The van der Waals surface area contributed by atoms with Gasteiger partial charge in [-0.25, -0.2) is 8.42 Å². The average molecular weight is 349 g/mol. The number of benzene rings is 1. The first-order valence-corrected chi connectivity index (χ1v) is 10.2. The van der Waals surface area contributed by atoms with Gasteiger partial charge in [0.05, 0.1) is 5.25 Å². The lowest BCUT2D eigenvalue weighted by molar-refractivity contribution is 0.0902. The molecule has 1 heterocycles. The molecule has 0 radical (unpaired) electrons. The molecule has 3 rings (SSSR count). The van der Waals surface area contributed by atoms with Gasteiger partial charge >= 0.3 is 0 Å². The van der Waals surface area contributed by atoms with Crippen LogP contribution in [0.5, 0.6) is 0 Å². The number of amides is 1. The van der Waals surface area contributed by atoms with E-state index in [1.807, 2.05) is 26.0 Å². The maximum atomic E-state index is 12.5. The molecule has 1 aliphatic rings. The molecule has 2 atom stereocenters. The minimum absolute atomic E-state index is 0.123. The van der Waals surface area contributed by atoms with Gasteiger partial charge in [0.1, 0.15) is 15.4 Å². The Morgan fingerprint density at radius 3 is 2.58 bits per heavy atom. The summed E-state index contributed by atoms with van der Waals surface area (Å²) in [7, 11) is -3.06. The van der Waals surface area contributed by atoms with Crippen molar-refractivity contribution >= 4 is 26.7 Å². The van der Waals surface area contributed by atoms with Crippen LogP contribution in [-0.4, -0.2) is 31.9 Å². The lowest BCUT2D eigenvalue weighted by atomic mass is 9.95. The second-order valence-electron chi connectivity index (χ2n) is 6.87. The van der Waals surface area contributed by atoms with Gasteiger partial charge in [-0.1, -0.05) is 6.42 Å². The van der Waals surface area contributed by atoms with Crippen LogP contribution in [0.25, 0.3) is 11.0 Å². The summed E-state index contributed by atoms with van der Waals surface area (Å²) in [5.41, 5.74) is 2.96. The summed E-state index contributed by atoms with van der Waals surface area (Å²) in [6, 6.07) is 5.56. The molecule has 6 heteroatoms. The summed E-state index contributed by atoms with van der Waals surface area (Å²) >= 11 is 0. The number of hydrogen-bond donors (Lipinski definition) is 1. The summed E-state index contributed by atoms with van der Waals surface area (Å²) in [4.78, 5) is 12.5. The second kappa shape index (κ2) is 6.24. The zero-order valence-corrected chi connectivity index (χ0v) is 15.1. The summed E-state index contributed by atoms with van der Waals surface area (Å²) in [5, 5.41) is 3.47. The van der Waals surface area contributed by atoms with Crippen molar-refractivity contribution in [1.29, 1.82) is 0 Å². The summed E-state index contributed by atoms with van der Waals surface area (Å²) in [6.07, 6.45) is 4.03. The first-order valence-electron chi connectivity index (χ1n) is 8.24. The van der Waals surface area contributed by atoms with E-state index in [0.717, 1.165) is 29.4 Å². The Balaban J connectivity index is 1.75. The number of carbonyl (C=O) groups excluding carboxylic acids is 1. The molecular formula is C18H23NO4S. The van der Waals surface area contributed by atoms with Crippen molar-refractivity contribution in [1.82, 2.24) is 5.32 Å². The van der Waals surface area contributed by atoms with Gasteiger partial charge < -0.3 is 9.73 Å². The van der Waals surface area contributed by atoms with Crippen LogP contribution in [0.4, 0.5) is 0 Å². The van der Waals surface area contributed by atoms with Gasteiger partial charge in [-0.05, 0) is 62.4 Å². The third-order valence-electron chi connectivity index (χ3n) is 4.92. The van der Waals surface area contributed by atoms with Crippen molar-refractivity contribution in [2.24, 2.45) is 0 Å². The fourth-order valence-electron chi connectivity index (χ4n) is 3.34. The number of hydrogen-bond acceptors (Lipinski definition) is 4. The highest BCUT2D eigenvalue weighted by Gasteiger charge is 2.30. The number of furan rings is 1. The largest absolute Gasteiger partial charge is 0.451 e. The molecule has 1 aromatic carbocycles. The summed E-state index contributed by atoms with van der Waals surface area (Å²) in [6.45, 7) is 4.03. The fourth-order valence-corrected chi connectivity index (χ4v) is 4.51. The number of rotatable bonds is 3. The van der Waals surface area contributed by atoms with E-state index in [-0.39, 0.29) is 23.0 Å². The van der Waals surface area contributed by atoms with E-state index >= 15 is 0 Å².